The van der Waals surface area contributed by atoms with E-state index in [4.69, 9.17) is 4.74 Å². The zero-order valence-electron chi connectivity index (χ0n) is 27.3. The molecule has 0 aromatic heterocycles. The van der Waals surface area contributed by atoms with E-state index in [2.05, 4.69) is 181 Å². The van der Waals surface area contributed by atoms with Crippen LogP contribution in [0, 0.1) is 0 Å². The molecule has 50 heavy (non-hydrogen) atoms. The Hall–Kier alpha value is -6.38. The Labute approximate surface area is 290 Å². The average Bonchev–Trinajstić information content (AvgIpc) is 3.72. The third-order valence-corrected chi connectivity index (χ3v) is 11.0. The van der Waals surface area contributed by atoms with Crippen LogP contribution in [0.4, 0.5) is 11.4 Å². The summed E-state index contributed by atoms with van der Waals surface area (Å²) < 4.78 is 6.68. The summed E-state index contributed by atoms with van der Waals surface area (Å²) in [7, 11) is 0. The van der Waals surface area contributed by atoms with Crippen LogP contribution < -0.4 is 9.64 Å². The lowest BCUT2D eigenvalue weighted by molar-refractivity contribution is 0.234. The number of hydrogen-bond donors (Lipinski definition) is 0. The van der Waals surface area contributed by atoms with Gasteiger partial charge in [-0.2, -0.15) is 0 Å². The predicted octanol–water partition coefficient (Wildman–Crippen LogP) is 12.6. The second kappa shape index (κ2) is 10.6. The molecule has 11 rings (SSSR count). The van der Waals surface area contributed by atoms with Gasteiger partial charge < -0.3 is 9.64 Å². The third kappa shape index (κ3) is 3.96. The molecule has 2 heterocycles. The van der Waals surface area contributed by atoms with Crippen LogP contribution in [0.5, 0.6) is 5.75 Å². The van der Waals surface area contributed by atoms with Crippen LogP contribution in [0.3, 0.4) is 0 Å². The molecular formula is C48H31NO. The number of anilines is 2. The molecule has 2 aliphatic heterocycles. The van der Waals surface area contributed by atoms with Crippen molar-refractivity contribution in [3.05, 3.63) is 187 Å². The number of hydrogen-bond acceptors (Lipinski definition) is 2. The summed E-state index contributed by atoms with van der Waals surface area (Å²) in [5.41, 5.74) is 12.4. The number of fused-ring (bicyclic) bond motifs is 5. The van der Waals surface area contributed by atoms with E-state index in [9.17, 15) is 0 Å². The minimum Gasteiger partial charge on any atom is -0.469 e. The summed E-state index contributed by atoms with van der Waals surface area (Å²) in [6, 6.07) is 64.3. The Morgan fingerprint density at radius 1 is 0.420 bits per heavy atom. The summed E-state index contributed by atoms with van der Waals surface area (Å²) in [4.78, 5) is 2.40. The monoisotopic (exact) mass is 637 g/mol. The summed E-state index contributed by atoms with van der Waals surface area (Å²) in [6.45, 7) is 0. The molecule has 0 spiro atoms. The summed E-state index contributed by atoms with van der Waals surface area (Å²) >= 11 is 0. The van der Waals surface area contributed by atoms with Crippen LogP contribution in [0.25, 0.3) is 65.7 Å². The summed E-state index contributed by atoms with van der Waals surface area (Å²) in [5, 5.41) is 7.76. The Morgan fingerprint density at radius 2 is 1.00 bits per heavy atom. The molecule has 0 amide bonds. The van der Waals surface area contributed by atoms with E-state index in [1.54, 1.807) is 0 Å². The molecular weight excluding hydrogens is 607 g/mol. The van der Waals surface area contributed by atoms with Crippen molar-refractivity contribution in [3.8, 4) is 39.1 Å². The minimum absolute atomic E-state index is 0.110. The van der Waals surface area contributed by atoms with Crippen molar-refractivity contribution in [2.75, 3.05) is 4.90 Å². The first-order valence-electron chi connectivity index (χ1n) is 17.4. The van der Waals surface area contributed by atoms with Gasteiger partial charge in [0.1, 0.15) is 5.75 Å². The lowest BCUT2D eigenvalue weighted by atomic mass is 9.87. The molecule has 2 nitrogen and oxygen atoms in total. The molecule has 2 atom stereocenters. The molecule has 2 heteroatoms. The van der Waals surface area contributed by atoms with Gasteiger partial charge in [-0.25, -0.2) is 0 Å². The fourth-order valence-corrected chi connectivity index (χ4v) is 8.71. The van der Waals surface area contributed by atoms with E-state index in [0.717, 1.165) is 11.4 Å². The lowest BCUT2D eigenvalue weighted by Gasteiger charge is -2.27. The van der Waals surface area contributed by atoms with Gasteiger partial charge in [-0.15, -0.1) is 0 Å². The van der Waals surface area contributed by atoms with Gasteiger partial charge in [-0.3, -0.25) is 0 Å². The van der Waals surface area contributed by atoms with Gasteiger partial charge in [0.2, 0.25) is 0 Å². The van der Waals surface area contributed by atoms with Crippen LogP contribution >= 0.6 is 0 Å². The highest BCUT2D eigenvalue weighted by molar-refractivity contribution is 6.27. The van der Waals surface area contributed by atoms with Crippen molar-refractivity contribution in [3.63, 3.8) is 0 Å². The molecule has 9 aromatic carbocycles. The van der Waals surface area contributed by atoms with E-state index < -0.39 is 0 Å². The third-order valence-electron chi connectivity index (χ3n) is 11.0. The fraction of sp³-hybridized carbons (Fsp3) is 0.0417. The van der Waals surface area contributed by atoms with Crippen molar-refractivity contribution in [2.24, 2.45) is 0 Å². The van der Waals surface area contributed by atoms with Gasteiger partial charge in [0.25, 0.3) is 0 Å². The number of benzene rings is 9. The van der Waals surface area contributed by atoms with Gasteiger partial charge in [-0.05, 0) is 95.5 Å². The number of para-hydroxylation sites is 2. The first-order valence-corrected chi connectivity index (χ1v) is 17.4. The molecule has 0 aliphatic carbocycles. The number of rotatable bonds is 4. The normalized spacial score (nSPS) is 16.1. The SMILES string of the molecule is c1ccc(-c2ccc(-c3ccc4ccc5c(-c6cccc(N7c8ccccc8C8c9ccccc9OC87)c6)ccc6ccc3c4c65)cc2)cc1. The predicted molar refractivity (Wildman–Crippen MR) is 208 cm³/mol. The lowest BCUT2D eigenvalue weighted by Crippen LogP contribution is -2.32. The number of nitrogens with zero attached hydrogens (tertiary/aromatic N) is 1. The van der Waals surface area contributed by atoms with Crippen LogP contribution in [-0.2, 0) is 0 Å². The topological polar surface area (TPSA) is 12.5 Å². The van der Waals surface area contributed by atoms with E-state index in [1.165, 1.54) is 82.5 Å². The molecule has 2 aliphatic rings. The standard InChI is InChI=1S/C48H31NO/c1-2-9-30(10-3-1)31-17-19-32(20-18-31)37-25-21-33-24-28-40-38(26-22-34-23-27-39(37)45(33)46(34)40)35-11-8-12-36(29-35)49-43-15-6-4-13-41(43)47-42-14-5-7-16-44(42)50-48(47)49/h1-29,47-48H. The largest absolute Gasteiger partial charge is 0.469 e. The van der Waals surface area contributed by atoms with Crippen molar-refractivity contribution in [1.82, 2.24) is 0 Å². The molecule has 234 valence electrons. The Kier molecular flexibility index (Phi) is 5.82. The zero-order valence-corrected chi connectivity index (χ0v) is 27.3. The highest BCUT2D eigenvalue weighted by atomic mass is 16.5. The highest BCUT2D eigenvalue weighted by Crippen LogP contribution is 2.54. The van der Waals surface area contributed by atoms with Crippen LogP contribution in [0.1, 0.15) is 17.0 Å². The average molecular weight is 638 g/mol. The summed E-state index contributed by atoms with van der Waals surface area (Å²) in [6.07, 6.45) is -0.110. The number of ether oxygens (including phenoxy) is 1. The second-order valence-corrected chi connectivity index (χ2v) is 13.6. The first kappa shape index (κ1) is 27.6. The van der Waals surface area contributed by atoms with Crippen molar-refractivity contribution < 1.29 is 4.74 Å². The zero-order chi connectivity index (χ0) is 32.8. The fourth-order valence-electron chi connectivity index (χ4n) is 8.71. The molecule has 0 N–H and O–H groups in total. The molecule has 2 unspecified atom stereocenters. The van der Waals surface area contributed by atoms with Crippen molar-refractivity contribution in [1.29, 1.82) is 0 Å². The summed E-state index contributed by atoms with van der Waals surface area (Å²) in [5.74, 6) is 1.17. The van der Waals surface area contributed by atoms with Crippen LogP contribution in [-0.4, -0.2) is 6.23 Å². The Bertz CT molecular complexity index is 2750. The Balaban J connectivity index is 1.04. The van der Waals surface area contributed by atoms with Crippen LogP contribution in [0.2, 0.25) is 0 Å². The molecule has 0 saturated carbocycles. The quantitative estimate of drug-likeness (QED) is 0.178. The molecule has 0 bridgehead atoms. The van der Waals surface area contributed by atoms with E-state index >= 15 is 0 Å². The second-order valence-electron chi connectivity index (χ2n) is 13.6. The van der Waals surface area contributed by atoms with E-state index in [0.29, 0.717) is 0 Å². The first-order chi connectivity index (χ1) is 24.8. The molecule has 0 radical (unpaired) electrons. The Morgan fingerprint density at radius 3 is 1.76 bits per heavy atom. The van der Waals surface area contributed by atoms with Crippen LogP contribution in [0.15, 0.2) is 176 Å². The van der Waals surface area contributed by atoms with Crippen molar-refractivity contribution >= 4 is 43.7 Å². The highest BCUT2D eigenvalue weighted by Gasteiger charge is 2.47. The molecule has 0 saturated heterocycles. The molecule has 0 fully saturated rings. The van der Waals surface area contributed by atoms with Gasteiger partial charge in [-0.1, -0.05) is 152 Å². The maximum Gasteiger partial charge on any atom is 0.187 e. The minimum atomic E-state index is -0.110. The molecule has 9 aromatic rings. The smallest absolute Gasteiger partial charge is 0.187 e. The van der Waals surface area contributed by atoms with Gasteiger partial charge in [0.05, 0.1) is 5.92 Å². The van der Waals surface area contributed by atoms with Gasteiger partial charge >= 0.3 is 0 Å². The van der Waals surface area contributed by atoms with Gasteiger partial charge in [0, 0.05) is 16.9 Å². The maximum absolute atomic E-state index is 6.68. The van der Waals surface area contributed by atoms with Crippen molar-refractivity contribution in [2.45, 2.75) is 12.1 Å². The van der Waals surface area contributed by atoms with E-state index in [-0.39, 0.29) is 12.1 Å². The van der Waals surface area contributed by atoms with E-state index in [1.807, 2.05) is 0 Å². The van der Waals surface area contributed by atoms with Gasteiger partial charge in [0.15, 0.2) is 6.23 Å². The maximum atomic E-state index is 6.68.